The van der Waals surface area contributed by atoms with Crippen LogP contribution in [0.2, 0.25) is 0 Å². The molecule has 0 aliphatic rings. The fraction of sp³-hybridized carbons (Fsp3) is 0.375. The van der Waals surface area contributed by atoms with E-state index in [-0.39, 0.29) is 17.1 Å². The lowest BCUT2D eigenvalue weighted by atomic mass is 10.4. The Morgan fingerprint density at radius 3 is 2.67 bits per heavy atom. The first-order valence-electron chi connectivity index (χ1n) is 4.27. The highest BCUT2D eigenvalue weighted by molar-refractivity contribution is 7.89. The van der Waals surface area contributed by atoms with Crippen LogP contribution in [0.25, 0.3) is 0 Å². The quantitative estimate of drug-likeness (QED) is 0.622. The van der Waals surface area contributed by atoms with E-state index in [9.17, 15) is 13.2 Å². The van der Waals surface area contributed by atoms with E-state index >= 15 is 0 Å². The van der Waals surface area contributed by atoms with Crippen LogP contribution in [-0.2, 0) is 10.0 Å². The number of hydrogen-bond donors (Lipinski definition) is 3. The fourth-order valence-corrected chi connectivity index (χ4v) is 2.14. The van der Waals surface area contributed by atoms with Crippen LogP contribution in [0.3, 0.4) is 0 Å². The average molecular weight is 232 g/mol. The largest absolute Gasteiger partial charge is 0.395 e. The summed E-state index contributed by atoms with van der Waals surface area (Å²) in [6, 6.07) is 1.76. The third-order valence-electron chi connectivity index (χ3n) is 1.70. The van der Waals surface area contributed by atoms with Crippen LogP contribution in [0.15, 0.2) is 28.0 Å². The van der Waals surface area contributed by atoms with Gasteiger partial charge in [-0.05, 0) is 13.0 Å². The van der Waals surface area contributed by atoms with Crippen molar-refractivity contribution in [3.63, 3.8) is 0 Å². The van der Waals surface area contributed by atoms with Crippen LogP contribution in [0.1, 0.15) is 6.92 Å². The molecular formula is C8H12N2O4S. The molecule has 7 heteroatoms. The van der Waals surface area contributed by atoms with Crippen molar-refractivity contribution in [1.82, 2.24) is 9.71 Å². The van der Waals surface area contributed by atoms with E-state index in [2.05, 4.69) is 9.71 Å². The molecule has 0 saturated carbocycles. The van der Waals surface area contributed by atoms with Crippen molar-refractivity contribution in [2.45, 2.75) is 17.9 Å². The third-order valence-corrected chi connectivity index (χ3v) is 3.28. The number of aromatic amines is 1. The van der Waals surface area contributed by atoms with Crippen LogP contribution in [0, 0.1) is 0 Å². The molecule has 84 valence electrons. The van der Waals surface area contributed by atoms with Gasteiger partial charge in [0.2, 0.25) is 15.6 Å². The normalized spacial score (nSPS) is 13.7. The molecule has 1 unspecified atom stereocenters. The second-order valence-corrected chi connectivity index (χ2v) is 4.81. The number of pyridine rings is 1. The number of aromatic nitrogens is 1. The zero-order valence-electron chi connectivity index (χ0n) is 8.10. The zero-order chi connectivity index (χ0) is 11.5. The molecule has 0 aromatic carbocycles. The molecule has 15 heavy (non-hydrogen) atoms. The molecule has 0 bridgehead atoms. The number of hydrogen-bond acceptors (Lipinski definition) is 4. The molecule has 1 atom stereocenters. The predicted octanol–water partition coefficient (Wildman–Crippen LogP) is -0.966. The molecule has 0 aliphatic heterocycles. The smallest absolute Gasteiger partial charge is 0.247 e. The molecule has 0 radical (unpaired) electrons. The van der Waals surface area contributed by atoms with Gasteiger partial charge in [0.1, 0.15) is 0 Å². The third kappa shape index (κ3) is 3.15. The fourth-order valence-electron chi connectivity index (χ4n) is 0.934. The van der Waals surface area contributed by atoms with Crippen molar-refractivity contribution in [3.8, 4) is 0 Å². The Hall–Kier alpha value is -1.18. The Balaban J connectivity index is 2.96. The molecule has 1 aromatic rings. The second kappa shape index (κ2) is 4.56. The van der Waals surface area contributed by atoms with Gasteiger partial charge in [-0.1, -0.05) is 0 Å². The van der Waals surface area contributed by atoms with Crippen LogP contribution in [-0.4, -0.2) is 31.2 Å². The Morgan fingerprint density at radius 1 is 1.53 bits per heavy atom. The summed E-state index contributed by atoms with van der Waals surface area (Å²) in [7, 11) is -3.67. The van der Waals surface area contributed by atoms with E-state index in [1.165, 1.54) is 13.0 Å². The number of aliphatic hydroxyl groups excluding tert-OH is 1. The zero-order valence-corrected chi connectivity index (χ0v) is 8.91. The number of nitrogens with one attached hydrogen (secondary N) is 2. The van der Waals surface area contributed by atoms with Gasteiger partial charge in [-0.3, -0.25) is 4.79 Å². The maximum absolute atomic E-state index is 11.6. The van der Waals surface area contributed by atoms with E-state index in [1.807, 2.05) is 0 Å². The van der Waals surface area contributed by atoms with Crippen molar-refractivity contribution in [3.05, 3.63) is 28.7 Å². The predicted molar refractivity (Wildman–Crippen MR) is 53.9 cm³/mol. The first-order valence-corrected chi connectivity index (χ1v) is 5.76. The molecule has 0 spiro atoms. The van der Waals surface area contributed by atoms with Crippen LogP contribution >= 0.6 is 0 Å². The van der Waals surface area contributed by atoms with Crippen LogP contribution < -0.4 is 10.3 Å². The van der Waals surface area contributed by atoms with Gasteiger partial charge < -0.3 is 10.1 Å². The lowest BCUT2D eigenvalue weighted by Crippen LogP contribution is -2.35. The van der Waals surface area contributed by atoms with Crippen molar-refractivity contribution in [1.29, 1.82) is 0 Å². The van der Waals surface area contributed by atoms with Gasteiger partial charge in [0.05, 0.1) is 11.5 Å². The molecule has 0 fully saturated rings. The number of aliphatic hydroxyl groups is 1. The molecule has 6 nitrogen and oxygen atoms in total. The second-order valence-electron chi connectivity index (χ2n) is 3.09. The summed E-state index contributed by atoms with van der Waals surface area (Å²) < 4.78 is 25.4. The molecule has 1 rings (SSSR count). The topological polar surface area (TPSA) is 99.3 Å². The summed E-state index contributed by atoms with van der Waals surface area (Å²) in [5.74, 6) is 0. The Morgan fingerprint density at radius 2 is 2.20 bits per heavy atom. The van der Waals surface area contributed by atoms with Gasteiger partial charge in [-0.15, -0.1) is 0 Å². The summed E-state index contributed by atoms with van der Waals surface area (Å²) in [4.78, 5) is 12.9. The Labute approximate surface area is 87.0 Å². The van der Waals surface area contributed by atoms with Gasteiger partial charge in [0, 0.05) is 18.3 Å². The summed E-state index contributed by atoms with van der Waals surface area (Å²) >= 11 is 0. The summed E-state index contributed by atoms with van der Waals surface area (Å²) in [5, 5.41) is 8.70. The number of rotatable bonds is 4. The monoisotopic (exact) mass is 232 g/mol. The standard InChI is InChI=1S/C8H12N2O4S/c1-6(5-11)10-15(13,14)7-2-3-8(12)9-4-7/h2-4,6,10-11H,5H2,1H3,(H,9,12). The summed E-state index contributed by atoms with van der Waals surface area (Å²) in [6.07, 6.45) is 1.11. The molecule has 1 heterocycles. The Bertz CT molecular complexity index is 459. The highest BCUT2D eigenvalue weighted by atomic mass is 32.2. The van der Waals surface area contributed by atoms with Gasteiger partial charge in [0.15, 0.2) is 0 Å². The molecule has 3 N–H and O–H groups in total. The first-order chi connectivity index (χ1) is 6.95. The molecular weight excluding hydrogens is 220 g/mol. The maximum atomic E-state index is 11.6. The minimum absolute atomic E-state index is 0.0394. The minimum Gasteiger partial charge on any atom is -0.395 e. The maximum Gasteiger partial charge on any atom is 0.247 e. The summed E-state index contributed by atoms with van der Waals surface area (Å²) in [5.41, 5.74) is -0.371. The lowest BCUT2D eigenvalue weighted by molar-refractivity contribution is 0.265. The molecule has 0 aliphatic carbocycles. The van der Waals surface area contributed by atoms with Crippen LogP contribution in [0.4, 0.5) is 0 Å². The van der Waals surface area contributed by atoms with E-state index in [0.717, 1.165) is 12.3 Å². The molecule has 0 saturated heterocycles. The highest BCUT2D eigenvalue weighted by Gasteiger charge is 2.16. The van der Waals surface area contributed by atoms with Crippen molar-refractivity contribution >= 4 is 10.0 Å². The van der Waals surface area contributed by atoms with Gasteiger partial charge in [-0.25, -0.2) is 13.1 Å². The SMILES string of the molecule is CC(CO)NS(=O)(=O)c1ccc(=O)[nH]c1. The molecule has 1 aromatic heterocycles. The van der Waals surface area contributed by atoms with Crippen molar-refractivity contribution in [2.75, 3.05) is 6.61 Å². The van der Waals surface area contributed by atoms with E-state index in [1.54, 1.807) is 0 Å². The van der Waals surface area contributed by atoms with E-state index in [0.29, 0.717) is 0 Å². The average Bonchev–Trinajstić information content (AvgIpc) is 2.17. The lowest BCUT2D eigenvalue weighted by Gasteiger charge is -2.10. The van der Waals surface area contributed by atoms with Gasteiger partial charge >= 0.3 is 0 Å². The van der Waals surface area contributed by atoms with E-state index < -0.39 is 16.1 Å². The highest BCUT2D eigenvalue weighted by Crippen LogP contribution is 2.04. The number of H-pyrrole nitrogens is 1. The summed E-state index contributed by atoms with van der Waals surface area (Å²) in [6.45, 7) is 1.24. The first kappa shape index (κ1) is 11.9. The Kier molecular flexibility index (Phi) is 3.61. The molecule has 0 amide bonds. The van der Waals surface area contributed by atoms with Crippen molar-refractivity contribution < 1.29 is 13.5 Å². The van der Waals surface area contributed by atoms with Crippen LogP contribution in [0.5, 0.6) is 0 Å². The van der Waals surface area contributed by atoms with E-state index in [4.69, 9.17) is 5.11 Å². The van der Waals surface area contributed by atoms with Gasteiger partial charge in [0.25, 0.3) is 0 Å². The van der Waals surface area contributed by atoms with Crippen molar-refractivity contribution in [2.24, 2.45) is 0 Å². The minimum atomic E-state index is -3.67. The van der Waals surface area contributed by atoms with Gasteiger partial charge in [-0.2, -0.15) is 0 Å². The number of sulfonamides is 1.